The molecular formula is C45H62O4Si. The minimum Gasteiger partial charge on any atom is -0.491 e. The number of fused-ring (bicyclic) bond motifs is 1. The molecule has 1 unspecified atom stereocenters. The van der Waals surface area contributed by atoms with Gasteiger partial charge in [0, 0.05) is 13.2 Å². The van der Waals surface area contributed by atoms with Crippen LogP contribution in [0.2, 0.25) is 16.6 Å². The Balaban J connectivity index is 1.33. The van der Waals surface area contributed by atoms with Crippen LogP contribution >= 0.6 is 0 Å². The standard InChI is InChI=1S/C45H62O4Si/c1-8-9-10-13-36-15-17-37(18-16-36)38-19-20-40-31-41(22-21-39(40)30-38)42-23-24-44(46-28-29-48-45-14-11-12-26-47-45)43(32-42)25-27-49-50(33(2)3,34(4)5)35(6)7/h15-24,30-35,45H,8-14,25-29H2,1-7H3. The summed E-state index contributed by atoms with van der Waals surface area (Å²) in [6, 6.07) is 29.5. The quantitative estimate of drug-likeness (QED) is 0.0767. The molecule has 1 aliphatic rings. The molecule has 0 amide bonds. The molecule has 1 heterocycles. The maximum atomic E-state index is 7.00. The molecule has 1 fully saturated rings. The summed E-state index contributed by atoms with van der Waals surface area (Å²) >= 11 is 0. The Labute approximate surface area is 304 Å². The van der Waals surface area contributed by atoms with Crippen molar-refractivity contribution in [3.8, 4) is 28.0 Å². The van der Waals surface area contributed by atoms with E-state index in [2.05, 4.69) is 127 Å². The Bertz CT molecular complexity index is 1600. The monoisotopic (exact) mass is 694 g/mol. The fourth-order valence-electron chi connectivity index (χ4n) is 8.15. The molecule has 0 aliphatic carbocycles. The maximum absolute atomic E-state index is 7.00. The molecule has 1 atom stereocenters. The first-order valence-corrected chi connectivity index (χ1v) is 21.6. The van der Waals surface area contributed by atoms with Crippen LogP contribution in [0, 0.1) is 0 Å². The SMILES string of the molecule is CCCCCc1ccc(-c2ccc3cc(-c4ccc(OCCOC5CCCCO5)c(CCO[Si](C(C)C)(C(C)C)C(C)C)c4)ccc3c2)cc1. The highest BCUT2D eigenvalue weighted by Crippen LogP contribution is 2.42. The minimum absolute atomic E-state index is 0.103. The molecule has 0 radical (unpaired) electrons. The number of unbranched alkanes of at least 4 members (excludes halogenated alkanes) is 2. The predicted octanol–water partition coefficient (Wildman–Crippen LogP) is 12.6. The van der Waals surface area contributed by atoms with E-state index in [0.29, 0.717) is 36.4 Å². The zero-order valence-corrected chi connectivity index (χ0v) is 32.9. The van der Waals surface area contributed by atoms with Gasteiger partial charge in [-0.1, -0.05) is 116 Å². The number of aryl methyl sites for hydroxylation is 1. The third-order valence-electron chi connectivity index (χ3n) is 10.8. The van der Waals surface area contributed by atoms with Crippen molar-refractivity contribution in [3.05, 3.63) is 90.0 Å². The van der Waals surface area contributed by atoms with Gasteiger partial charge < -0.3 is 18.6 Å². The van der Waals surface area contributed by atoms with E-state index in [9.17, 15) is 0 Å². The Morgan fingerprint density at radius 3 is 1.90 bits per heavy atom. The van der Waals surface area contributed by atoms with Crippen molar-refractivity contribution >= 4 is 19.1 Å². The zero-order valence-electron chi connectivity index (χ0n) is 31.9. The second kappa shape index (κ2) is 18.5. The number of hydrogen-bond donors (Lipinski definition) is 0. The lowest BCUT2D eigenvalue weighted by atomic mass is 9.96. The summed E-state index contributed by atoms with van der Waals surface area (Å²) in [5, 5.41) is 2.50. The molecule has 5 rings (SSSR count). The van der Waals surface area contributed by atoms with Crippen LogP contribution in [-0.4, -0.2) is 41.0 Å². The Hall–Kier alpha value is -2.96. The molecule has 0 aromatic heterocycles. The lowest BCUT2D eigenvalue weighted by molar-refractivity contribution is -0.165. The summed E-state index contributed by atoms with van der Waals surface area (Å²) in [6.45, 7) is 18.9. The van der Waals surface area contributed by atoms with Crippen LogP contribution in [0.5, 0.6) is 5.75 Å². The van der Waals surface area contributed by atoms with Gasteiger partial charge in [-0.05, 0) is 124 Å². The topological polar surface area (TPSA) is 36.9 Å². The molecule has 1 aliphatic heterocycles. The van der Waals surface area contributed by atoms with Crippen molar-refractivity contribution in [1.29, 1.82) is 0 Å². The first kappa shape index (κ1) is 38.3. The normalized spacial score (nSPS) is 15.4. The molecule has 5 heteroatoms. The first-order chi connectivity index (χ1) is 24.2. The summed E-state index contributed by atoms with van der Waals surface area (Å²) in [5.41, 5.74) is 9.21. The second-order valence-corrected chi connectivity index (χ2v) is 20.6. The van der Waals surface area contributed by atoms with E-state index in [-0.39, 0.29) is 6.29 Å². The largest absolute Gasteiger partial charge is 0.491 e. The lowest BCUT2D eigenvalue weighted by Gasteiger charge is -2.42. The van der Waals surface area contributed by atoms with Gasteiger partial charge in [-0.15, -0.1) is 0 Å². The van der Waals surface area contributed by atoms with E-state index in [0.717, 1.165) is 44.5 Å². The van der Waals surface area contributed by atoms with Crippen LogP contribution in [0.25, 0.3) is 33.0 Å². The lowest BCUT2D eigenvalue weighted by Crippen LogP contribution is -2.48. The van der Waals surface area contributed by atoms with Gasteiger partial charge in [-0.2, -0.15) is 0 Å². The average Bonchev–Trinajstić information content (AvgIpc) is 3.12. The summed E-state index contributed by atoms with van der Waals surface area (Å²) in [6.07, 6.45) is 8.94. The first-order valence-electron chi connectivity index (χ1n) is 19.5. The van der Waals surface area contributed by atoms with Crippen molar-refractivity contribution in [2.75, 3.05) is 26.4 Å². The van der Waals surface area contributed by atoms with E-state index < -0.39 is 8.32 Å². The minimum atomic E-state index is -1.97. The van der Waals surface area contributed by atoms with Gasteiger partial charge in [0.05, 0.1) is 6.61 Å². The summed E-state index contributed by atoms with van der Waals surface area (Å²) in [5.74, 6) is 0.915. The van der Waals surface area contributed by atoms with E-state index in [1.54, 1.807) is 0 Å². The molecule has 270 valence electrons. The van der Waals surface area contributed by atoms with Crippen molar-refractivity contribution < 1.29 is 18.6 Å². The Morgan fingerprint density at radius 1 is 0.660 bits per heavy atom. The van der Waals surface area contributed by atoms with Crippen LogP contribution < -0.4 is 4.74 Å². The molecule has 0 bridgehead atoms. The average molecular weight is 695 g/mol. The van der Waals surface area contributed by atoms with Crippen LogP contribution in [0.3, 0.4) is 0 Å². The summed E-state index contributed by atoms with van der Waals surface area (Å²) in [4.78, 5) is 0. The van der Waals surface area contributed by atoms with Gasteiger partial charge in [-0.25, -0.2) is 0 Å². The highest BCUT2D eigenvalue weighted by Gasteiger charge is 2.44. The van der Waals surface area contributed by atoms with Gasteiger partial charge in [0.2, 0.25) is 0 Å². The fraction of sp³-hybridized carbons (Fsp3) is 0.511. The van der Waals surface area contributed by atoms with Crippen LogP contribution in [-0.2, 0) is 26.7 Å². The van der Waals surface area contributed by atoms with Gasteiger partial charge in [-0.3, -0.25) is 0 Å². The van der Waals surface area contributed by atoms with E-state index in [1.807, 2.05) is 0 Å². The highest BCUT2D eigenvalue weighted by molar-refractivity contribution is 6.77. The molecule has 0 spiro atoms. The molecule has 0 saturated carbocycles. The van der Waals surface area contributed by atoms with Gasteiger partial charge in [0.15, 0.2) is 14.6 Å². The van der Waals surface area contributed by atoms with Crippen molar-refractivity contribution in [2.45, 2.75) is 123 Å². The molecule has 50 heavy (non-hydrogen) atoms. The number of ether oxygens (including phenoxy) is 3. The van der Waals surface area contributed by atoms with Gasteiger partial charge in [0.1, 0.15) is 12.4 Å². The van der Waals surface area contributed by atoms with E-state index >= 15 is 0 Å². The van der Waals surface area contributed by atoms with E-state index in [1.165, 1.54) is 63.4 Å². The number of rotatable bonds is 18. The fourth-order valence-corrected chi connectivity index (χ4v) is 13.6. The van der Waals surface area contributed by atoms with Gasteiger partial charge in [0.25, 0.3) is 0 Å². The van der Waals surface area contributed by atoms with Crippen LogP contribution in [0.4, 0.5) is 0 Å². The molecule has 4 nitrogen and oxygen atoms in total. The Morgan fingerprint density at radius 2 is 1.28 bits per heavy atom. The molecule has 4 aromatic rings. The smallest absolute Gasteiger partial charge is 0.200 e. The van der Waals surface area contributed by atoms with Gasteiger partial charge >= 0.3 is 0 Å². The highest BCUT2D eigenvalue weighted by atomic mass is 28.4. The zero-order chi connectivity index (χ0) is 35.5. The summed E-state index contributed by atoms with van der Waals surface area (Å²) < 4.78 is 25.1. The predicted molar refractivity (Wildman–Crippen MR) is 214 cm³/mol. The molecule has 4 aromatic carbocycles. The third kappa shape index (κ3) is 9.67. The molecule has 1 saturated heterocycles. The number of hydrogen-bond acceptors (Lipinski definition) is 4. The van der Waals surface area contributed by atoms with Crippen molar-refractivity contribution in [3.63, 3.8) is 0 Å². The van der Waals surface area contributed by atoms with E-state index in [4.69, 9.17) is 18.6 Å². The van der Waals surface area contributed by atoms with Crippen molar-refractivity contribution in [2.24, 2.45) is 0 Å². The molecule has 0 N–H and O–H groups in total. The van der Waals surface area contributed by atoms with Crippen molar-refractivity contribution in [1.82, 2.24) is 0 Å². The number of benzene rings is 4. The Kier molecular flexibility index (Phi) is 14.2. The summed E-state index contributed by atoms with van der Waals surface area (Å²) in [7, 11) is -1.97. The maximum Gasteiger partial charge on any atom is 0.200 e. The van der Waals surface area contributed by atoms with Crippen LogP contribution in [0.1, 0.15) is 98.1 Å². The third-order valence-corrected chi connectivity index (χ3v) is 16.9. The second-order valence-electron chi connectivity index (χ2n) is 15.2. The van der Waals surface area contributed by atoms with Crippen LogP contribution in [0.15, 0.2) is 78.9 Å². The molecular weight excluding hydrogens is 633 g/mol.